The molecule has 0 aliphatic heterocycles. The van der Waals surface area contributed by atoms with Crippen molar-refractivity contribution in [1.29, 1.82) is 0 Å². The summed E-state index contributed by atoms with van der Waals surface area (Å²) in [5.41, 5.74) is 0.173. The first-order valence-electron chi connectivity index (χ1n) is 5.59. The quantitative estimate of drug-likeness (QED) is 0.516. The van der Waals surface area contributed by atoms with Crippen molar-refractivity contribution in [3.63, 3.8) is 0 Å². The Hall–Kier alpha value is -0.790. The summed E-state index contributed by atoms with van der Waals surface area (Å²) in [6, 6.07) is 0. The first-order valence-corrected chi connectivity index (χ1v) is 5.59. The van der Waals surface area contributed by atoms with Crippen LogP contribution >= 0.6 is 0 Å². The van der Waals surface area contributed by atoms with Gasteiger partial charge in [-0.15, -0.1) is 0 Å². The Morgan fingerprint density at radius 1 is 1.40 bits per heavy atom. The molecule has 0 amide bonds. The number of rotatable bonds is 2. The van der Waals surface area contributed by atoms with Crippen LogP contribution in [0.4, 0.5) is 0 Å². The molecule has 2 heteroatoms. The summed E-state index contributed by atoms with van der Waals surface area (Å²) in [6.45, 7) is 13.9. The van der Waals surface area contributed by atoms with Gasteiger partial charge in [-0.2, -0.15) is 0 Å². The Morgan fingerprint density at radius 2 is 1.93 bits per heavy atom. The fraction of sp³-hybridized carbons (Fsp3) is 0.769. The molecule has 1 saturated carbocycles. The molecule has 2 atom stereocenters. The highest BCUT2D eigenvalue weighted by Gasteiger charge is 2.52. The summed E-state index contributed by atoms with van der Waals surface area (Å²) in [6.07, 6.45) is 2.06. The Labute approximate surface area is 92.7 Å². The van der Waals surface area contributed by atoms with Crippen LogP contribution in [0.1, 0.15) is 47.5 Å². The zero-order chi connectivity index (χ0) is 11.9. The van der Waals surface area contributed by atoms with Gasteiger partial charge in [0.2, 0.25) is 0 Å². The van der Waals surface area contributed by atoms with Gasteiger partial charge in [-0.25, -0.2) is 4.79 Å². The van der Waals surface area contributed by atoms with Gasteiger partial charge in [0.1, 0.15) is 5.60 Å². The Bertz CT molecular complexity index is 291. The average molecular weight is 210 g/mol. The van der Waals surface area contributed by atoms with Crippen LogP contribution in [0.2, 0.25) is 0 Å². The molecular weight excluding hydrogens is 188 g/mol. The Balaban J connectivity index is 2.85. The maximum atomic E-state index is 11.6. The molecule has 0 N–H and O–H groups in total. The second-order valence-electron chi connectivity index (χ2n) is 5.56. The van der Waals surface area contributed by atoms with E-state index in [1.165, 1.54) is 0 Å². The molecule has 0 aromatic carbocycles. The molecule has 1 rings (SSSR count). The maximum Gasteiger partial charge on any atom is 0.333 e. The van der Waals surface area contributed by atoms with Crippen molar-refractivity contribution in [3.8, 4) is 0 Å². The van der Waals surface area contributed by atoms with E-state index in [4.69, 9.17) is 4.74 Å². The predicted octanol–water partition coefficient (Wildman–Crippen LogP) is 3.32. The van der Waals surface area contributed by atoms with Crippen molar-refractivity contribution >= 4 is 5.97 Å². The molecular formula is C13H22O2. The molecule has 2 unspecified atom stereocenters. The SMILES string of the molecule is C=C(C)C(=O)OC1(C)CCC(C)C1(C)C. The highest BCUT2D eigenvalue weighted by molar-refractivity contribution is 5.87. The lowest BCUT2D eigenvalue weighted by atomic mass is 9.74. The van der Waals surface area contributed by atoms with Gasteiger partial charge in [-0.3, -0.25) is 0 Å². The van der Waals surface area contributed by atoms with Crippen LogP contribution in [-0.2, 0) is 9.53 Å². The van der Waals surface area contributed by atoms with Crippen LogP contribution in [0.15, 0.2) is 12.2 Å². The first kappa shape index (κ1) is 12.3. The number of carbonyl (C=O) groups is 1. The smallest absolute Gasteiger partial charge is 0.333 e. The van der Waals surface area contributed by atoms with E-state index in [-0.39, 0.29) is 17.0 Å². The largest absolute Gasteiger partial charge is 0.455 e. The van der Waals surface area contributed by atoms with Crippen LogP contribution in [0.3, 0.4) is 0 Å². The molecule has 0 heterocycles. The second kappa shape index (κ2) is 3.66. The van der Waals surface area contributed by atoms with Gasteiger partial charge in [0.05, 0.1) is 0 Å². The minimum Gasteiger partial charge on any atom is -0.455 e. The van der Waals surface area contributed by atoms with E-state index >= 15 is 0 Å². The molecule has 0 spiro atoms. The summed E-state index contributed by atoms with van der Waals surface area (Å²) < 4.78 is 5.61. The average Bonchev–Trinajstić information content (AvgIpc) is 2.30. The summed E-state index contributed by atoms with van der Waals surface area (Å²) >= 11 is 0. The topological polar surface area (TPSA) is 26.3 Å². The third kappa shape index (κ3) is 1.95. The maximum absolute atomic E-state index is 11.6. The summed E-state index contributed by atoms with van der Waals surface area (Å²) in [5, 5.41) is 0. The molecule has 2 nitrogen and oxygen atoms in total. The van der Waals surface area contributed by atoms with Crippen LogP contribution in [0.5, 0.6) is 0 Å². The lowest BCUT2D eigenvalue weighted by Gasteiger charge is -2.40. The zero-order valence-corrected chi connectivity index (χ0v) is 10.5. The van der Waals surface area contributed by atoms with Crippen molar-refractivity contribution in [2.24, 2.45) is 11.3 Å². The molecule has 86 valence electrons. The summed E-state index contributed by atoms with van der Waals surface area (Å²) in [5.74, 6) is 0.320. The van der Waals surface area contributed by atoms with E-state index in [2.05, 4.69) is 27.4 Å². The molecule has 0 aromatic rings. The zero-order valence-electron chi connectivity index (χ0n) is 10.5. The lowest BCUT2D eigenvalue weighted by molar-refractivity contribution is -0.164. The van der Waals surface area contributed by atoms with E-state index in [1.807, 2.05) is 6.92 Å². The second-order valence-corrected chi connectivity index (χ2v) is 5.56. The monoisotopic (exact) mass is 210 g/mol. The van der Waals surface area contributed by atoms with Gasteiger partial charge in [-0.05, 0) is 32.6 Å². The molecule has 1 fully saturated rings. The van der Waals surface area contributed by atoms with Gasteiger partial charge in [0, 0.05) is 11.0 Å². The molecule has 1 aliphatic rings. The minimum atomic E-state index is -0.345. The molecule has 1 aliphatic carbocycles. The highest BCUT2D eigenvalue weighted by atomic mass is 16.6. The van der Waals surface area contributed by atoms with E-state index in [0.717, 1.165) is 12.8 Å². The van der Waals surface area contributed by atoms with Crippen LogP contribution in [0.25, 0.3) is 0 Å². The van der Waals surface area contributed by atoms with E-state index in [0.29, 0.717) is 11.5 Å². The van der Waals surface area contributed by atoms with Crippen molar-refractivity contribution in [1.82, 2.24) is 0 Å². The van der Waals surface area contributed by atoms with Crippen LogP contribution in [0, 0.1) is 11.3 Å². The van der Waals surface area contributed by atoms with Gasteiger partial charge in [-0.1, -0.05) is 27.4 Å². The number of hydrogen-bond donors (Lipinski definition) is 0. The first-order chi connectivity index (χ1) is 6.71. The van der Waals surface area contributed by atoms with Crippen molar-refractivity contribution < 1.29 is 9.53 Å². The lowest BCUT2D eigenvalue weighted by Crippen LogP contribution is -2.43. The minimum absolute atomic E-state index is 0.0398. The van der Waals surface area contributed by atoms with Gasteiger partial charge >= 0.3 is 5.97 Å². The van der Waals surface area contributed by atoms with Gasteiger partial charge in [0.15, 0.2) is 0 Å². The molecule has 0 saturated heterocycles. The Morgan fingerprint density at radius 3 is 2.27 bits per heavy atom. The molecule has 0 bridgehead atoms. The van der Waals surface area contributed by atoms with Crippen molar-refractivity contribution in [2.45, 2.75) is 53.1 Å². The number of esters is 1. The van der Waals surface area contributed by atoms with E-state index in [9.17, 15) is 4.79 Å². The normalized spacial score (nSPS) is 33.8. The van der Waals surface area contributed by atoms with Gasteiger partial charge < -0.3 is 4.74 Å². The number of ether oxygens (including phenoxy) is 1. The third-order valence-corrected chi connectivity index (χ3v) is 4.32. The standard InChI is InChI=1S/C13H22O2/c1-9(2)11(14)15-13(6)8-7-10(3)12(13,4)5/h10H,1,7-8H2,2-6H3. The van der Waals surface area contributed by atoms with Crippen LogP contribution in [-0.4, -0.2) is 11.6 Å². The predicted molar refractivity (Wildman–Crippen MR) is 61.5 cm³/mol. The molecule has 0 radical (unpaired) electrons. The fourth-order valence-corrected chi connectivity index (χ4v) is 2.17. The fourth-order valence-electron chi connectivity index (χ4n) is 2.17. The summed E-state index contributed by atoms with van der Waals surface area (Å²) in [4.78, 5) is 11.6. The van der Waals surface area contributed by atoms with Gasteiger partial charge in [0.25, 0.3) is 0 Å². The van der Waals surface area contributed by atoms with E-state index < -0.39 is 0 Å². The number of carbonyl (C=O) groups excluding carboxylic acids is 1. The number of hydrogen-bond acceptors (Lipinski definition) is 2. The van der Waals surface area contributed by atoms with Crippen molar-refractivity contribution in [2.75, 3.05) is 0 Å². The molecule has 0 aromatic heterocycles. The Kier molecular flexibility index (Phi) is 2.99. The molecule has 15 heavy (non-hydrogen) atoms. The highest BCUT2D eigenvalue weighted by Crippen LogP contribution is 2.51. The van der Waals surface area contributed by atoms with Crippen molar-refractivity contribution in [3.05, 3.63) is 12.2 Å². The summed E-state index contributed by atoms with van der Waals surface area (Å²) in [7, 11) is 0. The van der Waals surface area contributed by atoms with E-state index in [1.54, 1.807) is 6.92 Å². The van der Waals surface area contributed by atoms with Crippen LogP contribution < -0.4 is 0 Å². The third-order valence-electron chi connectivity index (χ3n) is 4.32.